The molecule has 0 amide bonds. The second kappa shape index (κ2) is 7.48. The lowest BCUT2D eigenvalue weighted by molar-refractivity contribution is 0.0996. The van der Waals surface area contributed by atoms with Gasteiger partial charge in [-0.3, -0.25) is 0 Å². The van der Waals surface area contributed by atoms with E-state index >= 15 is 0 Å². The van der Waals surface area contributed by atoms with Crippen LogP contribution in [0.15, 0.2) is 18.2 Å². The molecule has 1 rings (SSSR count). The highest BCUT2D eigenvalue weighted by Gasteiger charge is 2.19. The van der Waals surface area contributed by atoms with Gasteiger partial charge in [0.1, 0.15) is 11.6 Å². The molecule has 0 saturated carbocycles. The number of hydrogen-bond acceptors (Lipinski definition) is 5. The van der Waals surface area contributed by atoms with Crippen molar-refractivity contribution in [2.45, 2.75) is 25.9 Å². The van der Waals surface area contributed by atoms with E-state index in [1.54, 1.807) is 11.8 Å². The minimum absolute atomic E-state index is 0.498. The number of nitrogens with zero attached hydrogens (tertiary/aromatic N) is 1. The van der Waals surface area contributed by atoms with E-state index in [1.165, 1.54) is 0 Å². The maximum Gasteiger partial charge on any atom is 0.128 e. The highest BCUT2D eigenvalue weighted by atomic mass is 32.2. The summed E-state index contributed by atoms with van der Waals surface area (Å²) in [6, 6.07) is 5.81. The normalized spacial score (nSPS) is 14.0. The van der Waals surface area contributed by atoms with Crippen LogP contribution in [0.2, 0.25) is 0 Å². The van der Waals surface area contributed by atoms with E-state index in [1.807, 2.05) is 31.4 Å². The number of nitrogens with one attached hydrogen (secondary N) is 2. The Hall–Kier alpha value is -0.940. The topological polar surface area (TPSA) is 57.2 Å². The van der Waals surface area contributed by atoms with Crippen molar-refractivity contribution in [2.24, 2.45) is 0 Å². The Kier molecular flexibility index (Phi) is 6.29. The van der Waals surface area contributed by atoms with Gasteiger partial charge in [0, 0.05) is 18.8 Å². The van der Waals surface area contributed by atoms with E-state index in [4.69, 9.17) is 0 Å². The monoisotopic (exact) mass is 269 g/mol. The van der Waals surface area contributed by atoms with Crippen molar-refractivity contribution in [3.8, 4) is 0 Å². The van der Waals surface area contributed by atoms with Crippen molar-refractivity contribution in [1.29, 1.82) is 0 Å². The average Bonchev–Trinajstić information content (AvgIpc) is 2.35. The molecule has 3 N–H and O–H groups in total. The van der Waals surface area contributed by atoms with Gasteiger partial charge in [0.15, 0.2) is 0 Å². The zero-order valence-electron chi connectivity index (χ0n) is 11.4. The standard InChI is InChI=1S/C13H23N3OS/c1-4-8-14-11-6-5-7-12(16-11)15-9-13(2,17)10-18-3/h5-7,17H,4,8-10H2,1-3H3,(H2,14,15,16). The van der Waals surface area contributed by atoms with Crippen molar-refractivity contribution in [1.82, 2.24) is 4.98 Å². The minimum atomic E-state index is -0.714. The smallest absolute Gasteiger partial charge is 0.128 e. The molecule has 0 aromatic carbocycles. The fraction of sp³-hybridized carbons (Fsp3) is 0.615. The number of pyridine rings is 1. The van der Waals surface area contributed by atoms with E-state index in [2.05, 4.69) is 22.5 Å². The molecule has 0 aliphatic rings. The van der Waals surface area contributed by atoms with E-state index in [0.29, 0.717) is 12.3 Å². The molecule has 1 heterocycles. The molecule has 0 aliphatic carbocycles. The number of hydrogen-bond donors (Lipinski definition) is 3. The molecule has 0 aliphatic heterocycles. The molecule has 102 valence electrons. The van der Waals surface area contributed by atoms with Crippen LogP contribution in [-0.2, 0) is 0 Å². The summed E-state index contributed by atoms with van der Waals surface area (Å²) in [5, 5.41) is 16.5. The first kappa shape index (κ1) is 15.1. The van der Waals surface area contributed by atoms with Crippen LogP contribution in [0, 0.1) is 0 Å². The van der Waals surface area contributed by atoms with Crippen molar-refractivity contribution in [3.05, 3.63) is 18.2 Å². The third-order valence-corrected chi connectivity index (χ3v) is 3.32. The zero-order valence-corrected chi connectivity index (χ0v) is 12.2. The molecule has 4 nitrogen and oxygen atoms in total. The fourth-order valence-electron chi connectivity index (χ4n) is 1.53. The van der Waals surface area contributed by atoms with Crippen LogP contribution in [0.4, 0.5) is 11.6 Å². The molecule has 1 aromatic rings. The van der Waals surface area contributed by atoms with E-state index in [0.717, 1.165) is 24.6 Å². The van der Waals surface area contributed by atoms with Gasteiger partial charge in [0.25, 0.3) is 0 Å². The fourth-order valence-corrected chi connectivity index (χ4v) is 2.25. The molecular weight excluding hydrogens is 246 g/mol. The lowest BCUT2D eigenvalue weighted by atomic mass is 10.1. The van der Waals surface area contributed by atoms with Gasteiger partial charge in [-0.05, 0) is 31.7 Å². The SMILES string of the molecule is CCCNc1cccc(NCC(C)(O)CSC)n1. The van der Waals surface area contributed by atoms with Crippen LogP contribution >= 0.6 is 11.8 Å². The lowest BCUT2D eigenvalue weighted by Crippen LogP contribution is -2.36. The first-order chi connectivity index (χ1) is 8.57. The minimum Gasteiger partial charge on any atom is -0.387 e. The largest absolute Gasteiger partial charge is 0.387 e. The molecule has 1 aromatic heterocycles. The first-order valence-electron chi connectivity index (χ1n) is 6.23. The highest BCUT2D eigenvalue weighted by Crippen LogP contribution is 2.13. The van der Waals surface area contributed by atoms with Crippen LogP contribution in [0.5, 0.6) is 0 Å². The molecule has 5 heteroatoms. The molecule has 18 heavy (non-hydrogen) atoms. The second-order valence-corrected chi connectivity index (χ2v) is 5.48. The molecule has 0 fully saturated rings. The van der Waals surface area contributed by atoms with Crippen molar-refractivity contribution < 1.29 is 5.11 Å². The van der Waals surface area contributed by atoms with Gasteiger partial charge >= 0.3 is 0 Å². The summed E-state index contributed by atoms with van der Waals surface area (Å²) in [4.78, 5) is 4.43. The maximum absolute atomic E-state index is 10.1. The summed E-state index contributed by atoms with van der Waals surface area (Å²) < 4.78 is 0. The summed E-state index contributed by atoms with van der Waals surface area (Å²) in [5.41, 5.74) is -0.714. The van der Waals surface area contributed by atoms with Crippen molar-refractivity contribution in [3.63, 3.8) is 0 Å². The molecule has 0 bridgehead atoms. The van der Waals surface area contributed by atoms with Crippen LogP contribution < -0.4 is 10.6 Å². The Labute approximate surface area is 114 Å². The predicted octanol–water partition coefficient (Wildman–Crippen LogP) is 2.43. The first-order valence-corrected chi connectivity index (χ1v) is 7.63. The van der Waals surface area contributed by atoms with Crippen molar-refractivity contribution >= 4 is 23.4 Å². The van der Waals surface area contributed by atoms with E-state index in [-0.39, 0.29) is 0 Å². The summed E-state index contributed by atoms with van der Waals surface area (Å²) in [6.45, 7) is 5.36. The third-order valence-electron chi connectivity index (χ3n) is 2.41. The van der Waals surface area contributed by atoms with Gasteiger partial charge in [-0.15, -0.1) is 0 Å². The summed E-state index contributed by atoms with van der Waals surface area (Å²) in [5.74, 6) is 2.36. The lowest BCUT2D eigenvalue weighted by Gasteiger charge is -2.22. The molecule has 1 unspecified atom stereocenters. The number of anilines is 2. The van der Waals surface area contributed by atoms with E-state index < -0.39 is 5.60 Å². The average molecular weight is 269 g/mol. The van der Waals surface area contributed by atoms with Crippen LogP contribution in [0.3, 0.4) is 0 Å². The molecule has 0 spiro atoms. The van der Waals surface area contributed by atoms with Gasteiger partial charge in [-0.2, -0.15) is 11.8 Å². The third kappa shape index (κ3) is 5.60. The number of aromatic nitrogens is 1. The Morgan fingerprint density at radius 2 is 2.00 bits per heavy atom. The molecule has 1 atom stereocenters. The second-order valence-electron chi connectivity index (χ2n) is 4.62. The Morgan fingerprint density at radius 3 is 2.61 bits per heavy atom. The van der Waals surface area contributed by atoms with Crippen molar-refractivity contribution in [2.75, 3.05) is 35.7 Å². The van der Waals surface area contributed by atoms with Gasteiger partial charge in [-0.1, -0.05) is 13.0 Å². The molecular formula is C13H23N3OS. The number of aliphatic hydroxyl groups is 1. The van der Waals surface area contributed by atoms with Gasteiger partial charge in [0.2, 0.25) is 0 Å². The summed E-state index contributed by atoms with van der Waals surface area (Å²) in [7, 11) is 0. The summed E-state index contributed by atoms with van der Waals surface area (Å²) >= 11 is 1.64. The van der Waals surface area contributed by atoms with Gasteiger partial charge in [-0.25, -0.2) is 4.98 Å². The maximum atomic E-state index is 10.1. The van der Waals surface area contributed by atoms with Gasteiger partial charge in [0.05, 0.1) is 5.60 Å². The van der Waals surface area contributed by atoms with Crippen LogP contribution in [0.25, 0.3) is 0 Å². The van der Waals surface area contributed by atoms with Gasteiger partial charge < -0.3 is 15.7 Å². The zero-order chi connectivity index (χ0) is 13.4. The molecule has 0 saturated heterocycles. The van der Waals surface area contributed by atoms with Crippen LogP contribution in [0.1, 0.15) is 20.3 Å². The Morgan fingerprint density at radius 1 is 1.33 bits per heavy atom. The predicted molar refractivity (Wildman–Crippen MR) is 80.5 cm³/mol. The number of thioether (sulfide) groups is 1. The summed E-state index contributed by atoms with van der Waals surface area (Å²) in [6.07, 6.45) is 3.06. The quantitative estimate of drug-likeness (QED) is 0.677. The Bertz CT molecular complexity index is 358. The number of rotatable bonds is 8. The highest BCUT2D eigenvalue weighted by molar-refractivity contribution is 7.98. The Balaban J connectivity index is 2.51. The molecule has 0 radical (unpaired) electrons. The van der Waals surface area contributed by atoms with Crippen LogP contribution in [-0.4, -0.2) is 40.8 Å². The van der Waals surface area contributed by atoms with E-state index in [9.17, 15) is 5.11 Å².